The van der Waals surface area contributed by atoms with Crippen molar-refractivity contribution in [3.63, 3.8) is 0 Å². The van der Waals surface area contributed by atoms with Crippen molar-refractivity contribution in [2.75, 3.05) is 5.73 Å². The van der Waals surface area contributed by atoms with Crippen LogP contribution >= 0.6 is 11.6 Å². The lowest BCUT2D eigenvalue weighted by atomic mass is 10.2. The lowest BCUT2D eigenvalue weighted by molar-refractivity contribution is 0.445. The first kappa shape index (κ1) is 8.49. The molecule has 1 aromatic carbocycles. The minimum Gasteiger partial charge on any atom is -0.367 e. The van der Waals surface area contributed by atoms with E-state index in [4.69, 9.17) is 21.9 Å². The first-order chi connectivity index (χ1) is 7.25. The maximum absolute atomic E-state index is 5.91. The highest BCUT2D eigenvalue weighted by atomic mass is 35.5. The van der Waals surface area contributed by atoms with E-state index in [1.807, 2.05) is 6.07 Å². The zero-order valence-electron chi connectivity index (χ0n) is 7.57. The van der Waals surface area contributed by atoms with Crippen LogP contribution in [0.5, 0.6) is 0 Å². The minimum absolute atomic E-state index is 0.277. The molecule has 4 nitrogen and oxygen atoms in total. The molecule has 74 valence electrons. The topological polar surface area (TPSA) is 64.9 Å². The van der Waals surface area contributed by atoms with E-state index in [1.54, 1.807) is 18.3 Å². The standard InChI is InChI=1S/C10H6ClN3O/c11-5-1-2-8-6(3-5)9-7(4-13-8)10(12)15-14-9/h1-4H,12H2. The fourth-order valence-electron chi connectivity index (χ4n) is 1.57. The van der Waals surface area contributed by atoms with Crippen molar-refractivity contribution in [2.24, 2.45) is 0 Å². The molecule has 0 unspecified atom stereocenters. The summed E-state index contributed by atoms with van der Waals surface area (Å²) in [5, 5.41) is 6.09. The number of rotatable bonds is 0. The molecule has 0 aliphatic carbocycles. The predicted octanol–water partition coefficient (Wildman–Crippen LogP) is 2.61. The summed E-state index contributed by atoms with van der Waals surface area (Å²) in [5.41, 5.74) is 7.12. The van der Waals surface area contributed by atoms with E-state index in [9.17, 15) is 0 Å². The van der Waals surface area contributed by atoms with Gasteiger partial charge in [0.05, 0.1) is 10.9 Å². The second-order valence-electron chi connectivity index (χ2n) is 3.23. The van der Waals surface area contributed by atoms with Crippen molar-refractivity contribution in [1.82, 2.24) is 10.1 Å². The molecule has 0 atom stereocenters. The maximum Gasteiger partial charge on any atom is 0.231 e. The number of nitrogen functional groups attached to an aromatic ring is 1. The van der Waals surface area contributed by atoms with Gasteiger partial charge in [-0.3, -0.25) is 4.98 Å². The van der Waals surface area contributed by atoms with Crippen molar-refractivity contribution >= 4 is 39.3 Å². The van der Waals surface area contributed by atoms with Crippen LogP contribution in [-0.2, 0) is 0 Å². The SMILES string of the molecule is Nc1onc2c1cnc1ccc(Cl)cc12. The number of nitrogens with two attached hydrogens (primary N) is 1. The summed E-state index contributed by atoms with van der Waals surface area (Å²) in [6.07, 6.45) is 1.65. The molecule has 5 heteroatoms. The number of hydrogen-bond donors (Lipinski definition) is 1. The minimum atomic E-state index is 0.277. The number of pyridine rings is 1. The van der Waals surface area contributed by atoms with Crippen LogP contribution in [0.15, 0.2) is 28.9 Å². The summed E-state index contributed by atoms with van der Waals surface area (Å²) >= 11 is 5.91. The highest BCUT2D eigenvalue weighted by molar-refractivity contribution is 6.31. The Morgan fingerprint density at radius 3 is 3.00 bits per heavy atom. The van der Waals surface area contributed by atoms with E-state index in [0.717, 1.165) is 10.9 Å². The molecule has 0 radical (unpaired) electrons. The summed E-state index contributed by atoms with van der Waals surface area (Å²) in [4.78, 5) is 4.24. The Bertz CT molecular complexity index is 662. The molecule has 0 amide bonds. The third-order valence-corrected chi connectivity index (χ3v) is 2.54. The molecule has 2 aromatic heterocycles. The Hall–Kier alpha value is -1.81. The summed E-state index contributed by atoms with van der Waals surface area (Å²) < 4.78 is 4.91. The maximum atomic E-state index is 5.91. The van der Waals surface area contributed by atoms with E-state index in [-0.39, 0.29) is 5.88 Å². The van der Waals surface area contributed by atoms with E-state index in [2.05, 4.69) is 10.1 Å². The number of fused-ring (bicyclic) bond motifs is 3. The quantitative estimate of drug-likeness (QED) is 0.631. The molecule has 15 heavy (non-hydrogen) atoms. The molecule has 2 heterocycles. The first-order valence-electron chi connectivity index (χ1n) is 4.35. The summed E-state index contributed by atoms with van der Waals surface area (Å²) in [5.74, 6) is 0.277. The predicted molar refractivity (Wildman–Crippen MR) is 58.7 cm³/mol. The van der Waals surface area contributed by atoms with Gasteiger partial charge >= 0.3 is 0 Å². The normalized spacial score (nSPS) is 11.3. The third-order valence-electron chi connectivity index (χ3n) is 2.30. The lowest BCUT2D eigenvalue weighted by Gasteiger charge is -1.97. The van der Waals surface area contributed by atoms with Gasteiger partial charge in [-0.05, 0) is 18.2 Å². The van der Waals surface area contributed by atoms with Gasteiger partial charge in [-0.2, -0.15) is 0 Å². The highest BCUT2D eigenvalue weighted by Gasteiger charge is 2.09. The van der Waals surface area contributed by atoms with Crippen molar-refractivity contribution in [1.29, 1.82) is 0 Å². The molecule has 0 aliphatic rings. The first-order valence-corrected chi connectivity index (χ1v) is 4.72. The van der Waals surface area contributed by atoms with Crippen molar-refractivity contribution < 1.29 is 4.52 Å². The zero-order chi connectivity index (χ0) is 10.4. The Kier molecular flexibility index (Phi) is 1.61. The van der Waals surface area contributed by atoms with E-state index < -0.39 is 0 Å². The second-order valence-corrected chi connectivity index (χ2v) is 3.67. The molecule has 0 spiro atoms. The third kappa shape index (κ3) is 1.15. The Labute approximate surface area is 89.6 Å². The molecule has 0 saturated heterocycles. The number of nitrogens with zero attached hydrogens (tertiary/aromatic N) is 2. The van der Waals surface area contributed by atoms with Crippen LogP contribution in [0.4, 0.5) is 5.88 Å². The number of anilines is 1. The van der Waals surface area contributed by atoms with Crippen LogP contribution in [0, 0.1) is 0 Å². The molecule has 0 fully saturated rings. The fraction of sp³-hybridized carbons (Fsp3) is 0. The summed E-state index contributed by atoms with van der Waals surface area (Å²) in [6.45, 7) is 0. The second kappa shape index (κ2) is 2.84. The van der Waals surface area contributed by atoms with Crippen LogP contribution in [0.25, 0.3) is 21.8 Å². The van der Waals surface area contributed by atoms with E-state index in [0.29, 0.717) is 15.9 Å². The monoisotopic (exact) mass is 219 g/mol. The fourth-order valence-corrected chi connectivity index (χ4v) is 1.75. The Morgan fingerprint density at radius 1 is 1.27 bits per heavy atom. The van der Waals surface area contributed by atoms with Crippen molar-refractivity contribution in [3.05, 3.63) is 29.4 Å². The molecule has 3 rings (SSSR count). The van der Waals surface area contributed by atoms with E-state index in [1.165, 1.54) is 0 Å². The van der Waals surface area contributed by atoms with Gasteiger partial charge in [-0.1, -0.05) is 16.8 Å². The van der Waals surface area contributed by atoms with Gasteiger partial charge in [-0.25, -0.2) is 0 Å². The lowest BCUT2D eigenvalue weighted by Crippen LogP contribution is -1.83. The van der Waals surface area contributed by atoms with Crippen LogP contribution in [0.1, 0.15) is 0 Å². The number of hydrogen-bond acceptors (Lipinski definition) is 4. The van der Waals surface area contributed by atoms with Crippen LogP contribution in [0.3, 0.4) is 0 Å². The van der Waals surface area contributed by atoms with Crippen molar-refractivity contribution in [2.45, 2.75) is 0 Å². The molecular formula is C10H6ClN3O. The Morgan fingerprint density at radius 2 is 2.13 bits per heavy atom. The van der Waals surface area contributed by atoms with Crippen LogP contribution in [0.2, 0.25) is 5.02 Å². The average molecular weight is 220 g/mol. The van der Waals surface area contributed by atoms with Gasteiger partial charge in [0.1, 0.15) is 5.52 Å². The largest absolute Gasteiger partial charge is 0.367 e. The van der Waals surface area contributed by atoms with Gasteiger partial charge in [0.25, 0.3) is 0 Å². The van der Waals surface area contributed by atoms with Crippen LogP contribution in [-0.4, -0.2) is 10.1 Å². The molecule has 0 aliphatic heterocycles. The van der Waals surface area contributed by atoms with Gasteiger partial charge < -0.3 is 10.3 Å². The molecule has 3 aromatic rings. The van der Waals surface area contributed by atoms with E-state index >= 15 is 0 Å². The Balaban J connectivity index is 2.57. The molecule has 2 N–H and O–H groups in total. The van der Waals surface area contributed by atoms with Gasteiger partial charge in [0.2, 0.25) is 5.88 Å². The molecular weight excluding hydrogens is 214 g/mol. The zero-order valence-corrected chi connectivity index (χ0v) is 8.32. The van der Waals surface area contributed by atoms with Crippen molar-refractivity contribution in [3.8, 4) is 0 Å². The highest BCUT2D eigenvalue weighted by Crippen LogP contribution is 2.28. The van der Waals surface area contributed by atoms with Gasteiger partial charge in [-0.15, -0.1) is 0 Å². The number of aromatic nitrogens is 2. The summed E-state index contributed by atoms with van der Waals surface area (Å²) in [7, 11) is 0. The van der Waals surface area contributed by atoms with Gasteiger partial charge in [0.15, 0.2) is 0 Å². The molecule has 0 saturated carbocycles. The summed E-state index contributed by atoms with van der Waals surface area (Å²) in [6, 6.07) is 5.42. The smallest absolute Gasteiger partial charge is 0.231 e. The van der Waals surface area contributed by atoms with Crippen LogP contribution < -0.4 is 5.73 Å². The average Bonchev–Trinajstić information content (AvgIpc) is 2.61. The molecule has 0 bridgehead atoms. The number of halogens is 1. The van der Waals surface area contributed by atoms with Gasteiger partial charge in [0, 0.05) is 16.6 Å². The number of benzene rings is 1.